The molecule has 0 unspecified atom stereocenters. The van der Waals surface area contributed by atoms with Crippen LogP contribution in [0.3, 0.4) is 0 Å². The van der Waals surface area contributed by atoms with Gasteiger partial charge >= 0.3 is 0 Å². The predicted octanol–water partition coefficient (Wildman–Crippen LogP) is 1.37. The smallest absolute Gasteiger partial charge is 0.263 e. The van der Waals surface area contributed by atoms with Gasteiger partial charge in [0.1, 0.15) is 11.1 Å². The first kappa shape index (κ1) is 20.1. The van der Waals surface area contributed by atoms with Crippen LogP contribution in [0.1, 0.15) is 37.8 Å². The molecule has 1 amide bonds. The number of anilines is 1. The van der Waals surface area contributed by atoms with Gasteiger partial charge in [0, 0.05) is 31.7 Å². The van der Waals surface area contributed by atoms with Crippen LogP contribution in [0.2, 0.25) is 0 Å². The van der Waals surface area contributed by atoms with E-state index in [0.29, 0.717) is 48.9 Å². The minimum atomic E-state index is -0.289. The van der Waals surface area contributed by atoms with Crippen molar-refractivity contribution in [3.05, 3.63) is 33.6 Å². The van der Waals surface area contributed by atoms with Crippen molar-refractivity contribution in [2.24, 2.45) is 0 Å². The Kier molecular flexibility index (Phi) is 4.87. The molecule has 10 nitrogen and oxygen atoms in total. The van der Waals surface area contributed by atoms with E-state index in [4.69, 9.17) is 4.52 Å². The first-order valence-electron chi connectivity index (χ1n) is 10.1. The van der Waals surface area contributed by atoms with Crippen molar-refractivity contribution >= 4 is 22.9 Å². The third-order valence-electron chi connectivity index (χ3n) is 5.50. The number of amides is 1. The first-order valence-corrected chi connectivity index (χ1v) is 10.1. The molecule has 4 rings (SSSR count). The highest BCUT2D eigenvalue weighted by molar-refractivity contribution is 5.79. The monoisotopic (exact) mass is 413 g/mol. The second-order valence-electron chi connectivity index (χ2n) is 8.70. The standard InChI is InChI=1S/C20H27N7O3/c1-12-14(13(2)30-24-12)10-16(28)25-6-8-26(9-7-25)19-22-17-15(18(29)23-19)11-21-27(17)20(3,4)5/h11H,6-10H2,1-5H3,(H,22,23,29). The van der Waals surface area contributed by atoms with E-state index < -0.39 is 0 Å². The Morgan fingerprint density at radius 1 is 1.20 bits per heavy atom. The van der Waals surface area contributed by atoms with Gasteiger partial charge in [0.05, 0.1) is 23.9 Å². The number of carbonyl (C=O) groups is 1. The maximum absolute atomic E-state index is 12.7. The lowest BCUT2D eigenvalue weighted by molar-refractivity contribution is -0.130. The lowest BCUT2D eigenvalue weighted by Crippen LogP contribution is -2.50. The second kappa shape index (κ2) is 7.26. The summed E-state index contributed by atoms with van der Waals surface area (Å²) in [5.74, 6) is 1.24. The van der Waals surface area contributed by atoms with Crippen LogP contribution in [0.5, 0.6) is 0 Å². The van der Waals surface area contributed by atoms with Gasteiger partial charge in [-0.05, 0) is 34.6 Å². The molecule has 1 aliphatic rings. The normalized spacial score (nSPS) is 15.2. The third kappa shape index (κ3) is 3.57. The number of hydrogen-bond acceptors (Lipinski definition) is 7. The molecular formula is C20H27N7O3. The number of nitrogens with zero attached hydrogens (tertiary/aromatic N) is 6. The highest BCUT2D eigenvalue weighted by atomic mass is 16.5. The van der Waals surface area contributed by atoms with Crippen molar-refractivity contribution in [3.63, 3.8) is 0 Å². The largest absolute Gasteiger partial charge is 0.361 e. The van der Waals surface area contributed by atoms with E-state index >= 15 is 0 Å². The van der Waals surface area contributed by atoms with E-state index in [1.54, 1.807) is 10.9 Å². The van der Waals surface area contributed by atoms with Gasteiger partial charge in [-0.2, -0.15) is 10.1 Å². The minimum Gasteiger partial charge on any atom is -0.361 e. The summed E-state index contributed by atoms with van der Waals surface area (Å²) in [6.07, 6.45) is 1.84. The molecule has 4 heterocycles. The van der Waals surface area contributed by atoms with Gasteiger partial charge in [-0.15, -0.1) is 0 Å². The fraction of sp³-hybridized carbons (Fsp3) is 0.550. The Morgan fingerprint density at radius 2 is 1.90 bits per heavy atom. The van der Waals surface area contributed by atoms with Crippen molar-refractivity contribution in [3.8, 4) is 0 Å². The van der Waals surface area contributed by atoms with E-state index in [2.05, 4.69) is 20.2 Å². The van der Waals surface area contributed by atoms with Crippen LogP contribution in [0.25, 0.3) is 11.0 Å². The molecule has 0 saturated carbocycles. The number of fused-ring (bicyclic) bond motifs is 1. The van der Waals surface area contributed by atoms with Crippen LogP contribution in [0, 0.1) is 13.8 Å². The fourth-order valence-corrected chi connectivity index (χ4v) is 3.73. The van der Waals surface area contributed by atoms with E-state index in [1.165, 1.54) is 0 Å². The molecule has 1 aliphatic heterocycles. The van der Waals surface area contributed by atoms with Gasteiger partial charge < -0.3 is 14.3 Å². The third-order valence-corrected chi connectivity index (χ3v) is 5.50. The number of aromatic amines is 1. The maximum Gasteiger partial charge on any atom is 0.263 e. The summed E-state index contributed by atoms with van der Waals surface area (Å²) in [5, 5.41) is 8.74. The summed E-state index contributed by atoms with van der Waals surface area (Å²) in [6.45, 7) is 12.0. The summed E-state index contributed by atoms with van der Waals surface area (Å²) in [7, 11) is 0. The van der Waals surface area contributed by atoms with E-state index in [1.807, 2.05) is 44.4 Å². The van der Waals surface area contributed by atoms with Gasteiger partial charge in [0.25, 0.3) is 5.56 Å². The molecule has 0 bridgehead atoms. The van der Waals surface area contributed by atoms with Gasteiger partial charge in [-0.3, -0.25) is 14.6 Å². The first-order chi connectivity index (χ1) is 14.1. The van der Waals surface area contributed by atoms with Crippen molar-refractivity contribution < 1.29 is 9.32 Å². The highest BCUT2D eigenvalue weighted by Gasteiger charge is 2.26. The van der Waals surface area contributed by atoms with Crippen molar-refractivity contribution in [1.29, 1.82) is 0 Å². The molecule has 0 aliphatic carbocycles. The minimum absolute atomic E-state index is 0.0479. The number of nitrogens with one attached hydrogen (secondary N) is 1. The Balaban J connectivity index is 1.49. The van der Waals surface area contributed by atoms with Crippen LogP contribution in [-0.4, -0.2) is 61.9 Å². The van der Waals surface area contributed by atoms with Gasteiger partial charge in [-0.1, -0.05) is 5.16 Å². The Morgan fingerprint density at radius 3 is 2.50 bits per heavy atom. The van der Waals surface area contributed by atoms with Crippen LogP contribution >= 0.6 is 0 Å². The molecule has 1 fully saturated rings. The van der Waals surface area contributed by atoms with Crippen LogP contribution in [0.4, 0.5) is 5.95 Å². The Hall–Kier alpha value is -3.17. The number of aromatic nitrogens is 5. The lowest BCUT2D eigenvalue weighted by atomic mass is 10.1. The zero-order valence-electron chi connectivity index (χ0n) is 18.0. The number of piperazine rings is 1. The molecule has 160 valence electrons. The quantitative estimate of drug-likeness (QED) is 0.690. The summed E-state index contributed by atoms with van der Waals surface area (Å²) < 4.78 is 6.92. The Bertz CT molecular complexity index is 1120. The molecule has 1 saturated heterocycles. The van der Waals surface area contributed by atoms with Crippen LogP contribution in [-0.2, 0) is 16.8 Å². The summed E-state index contributed by atoms with van der Waals surface area (Å²) >= 11 is 0. The van der Waals surface area contributed by atoms with Crippen molar-refractivity contribution in [2.45, 2.75) is 46.6 Å². The van der Waals surface area contributed by atoms with E-state index in [0.717, 1.165) is 11.3 Å². The molecule has 3 aromatic rings. The van der Waals surface area contributed by atoms with Crippen LogP contribution in [0.15, 0.2) is 15.5 Å². The summed E-state index contributed by atoms with van der Waals surface area (Å²) in [6, 6.07) is 0. The van der Waals surface area contributed by atoms with Gasteiger partial charge in [-0.25, -0.2) is 4.68 Å². The predicted molar refractivity (Wildman–Crippen MR) is 112 cm³/mol. The molecule has 0 radical (unpaired) electrons. The molecule has 1 N–H and O–H groups in total. The number of carbonyl (C=O) groups excluding carboxylic acids is 1. The van der Waals surface area contributed by atoms with Gasteiger partial charge in [0.2, 0.25) is 11.9 Å². The topological polar surface area (TPSA) is 113 Å². The van der Waals surface area contributed by atoms with Gasteiger partial charge in [0.15, 0.2) is 5.65 Å². The zero-order valence-corrected chi connectivity index (χ0v) is 18.0. The average molecular weight is 413 g/mol. The van der Waals surface area contributed by atoms with E-state index in [9.17, 15) is 9.59 Å². The number of aryl methyl sites for hydroxylation is 2. The molecule has 0 spiro atoms. The molecule has 30 heavy (non-hydrogen) atoms. The number of hydrogen-bond donors (Lipinski definition) is 1. The van der Waals surface area contributed by atoms with Crippen molar-refractivity contribution in [1.82, 2.24) is 29.8 Å². The molecule has 3 aromatic heterocycles. The second-order valence-corrected chi connectivity index (χ2v) is 8.70. The molecule has 0 aromatic carbocycles. The molecule has 10 heteroatoms. The van der Waals surface area contributed by atoms with Crippen LogP contribution < -0.4 is 10.5 Å². The fourth-order valence-electron chi connectivity index (χ4n) is 3.73. The summed E-state index contributed by atoms with van der Waals surface area (Å²) in [5.41, 5.74) is 1.68. The van der Waals surface area contributed by atoms with Crippen molar-refractivity contribution in [2.75, 3.05) is 31.1 Å². The average Bonchev–Trinajstić information content (AvgIpc) is 3.27. The molecule has 0 atom stereocenters. The lowest BCUT2D eigenvalue weighted by Gasteiger charge is -2.35. The number of rotatable bonds is 3. The SMILES string of the molecule is Cc1noc(C)c1CC(=O)N1CCN(c2nc3c(cnn3C(C)(C)C)c(=O)[nH]2)CC1. The Labute approximate surface area is 173 Å². The number of H-pyrrole nitrogens is 1. The summed E-state index contributed by atoms with van der Waals surface area (Å²) in [4.78, 5) is 36.6. The highest BCUT2D eigenvalue weighted by Crippen LogP contribution is 2.21. The zero-order chi connectivity index (χ0) is 21.6. The van der Waals surface area contributed by atoms with E-state index in [-0.39, 0.29) is 23.4 Å². The maximum atomic E-state index is 12.7. The molecular weight excluding hydrogens is 386 g/mol.